The van der Waals surface area contributed by atoms with Gasteiger partial charge in [0.2, 0.25) is 11.8 Å². The molecule has 0 heterocycles. The van der Waals surface area contributed by atoms with E-state index in [1.54, 1.807) is 12.2 Å². The van der Waals surface area contributed by atoms with Crippen LogP contribution in [-0.2, 0) is 14.4 Å². The Morgan fingerprint density at radius 2 is 2.06 bits per heavy atom. The van der Waals surface area contributed by atoms with Gasteiger partial charge in [-0.05, 0) is 6.42 Å². The molecule has 0 aromatic carbocycles. The van der Waals surface area contributed by atoms with Gasteiger partial charge >= 0.3 is 5.97 Å². The lowest BCUT2D eigenvalue weighted by molar-refractivity contribution is -0.143. The average Bonchev–Trinajstić information content (AvgIpc) is 2.63. The van der Waals surface area contributed by atoms with Crippen molar-refractivity contribution in [2.45, 2.75) is 24.9 Å². The van der Waals surface area contributed by atoms with Gasteiger partial charge in [-0.2, -0.15) is 0 Å². The van der Waals surface area contributed by atoms with Gasteiger partial charge < -0.3 is 21.9 Å². The van der Waals surface area contributed by atoms with Gasteiger partial charge in [0.25, 0.3) is 0 Å². The first-order valence-electron chi connectivity index (χ1n) is 5.15. The van der Waals surface area contributed by atoms with Crippen molar-refractivity contribution in [3.63, 3.8) is 0 Å². The molecule has 2 unspecified atom stereocenters. The minimum absolute atomic E-state index is 0.190. The third kappa shape index (κ3) is 3.87. The summed E-state index contributed by atoms with van der Waals surface area (Å²) in [5, 5.41) is 11.1. The Morgan fingerprint density at radius 1 is 1.41 bits per heavy atom. The Balaban J connectivity index is 2.55. The highest BCUT2D eigenvalue weighted by Gasteiger charge is 2.28. The van der Waals surface area contributed by atoms with Crippen molar-refractivity contribution in [2.75, 3.05) is 0 Å². The highest BCUT2D eigenvalue weighted by atomic mass is 16.4. The van der Waals surface area contributed by atoms with Crippen molar-refractivity contribution in [1.82, 2.24) is 5.32 Å². The second kappa shape index (κ2) is 5.44. The Hall–Kier alpha value is -1.89. The zero-order chi connectivity index (χ0) is 13.0. The third-order valence-corrected chi connectivity index (χ3v) is 2.47. The zero-order valence-electron chi connectivity index (χ0n) is 9.13. The number of carboxylic acids is 1. The summed E-state index contributed by atoms with van der Waals surface area (Å²) in [4.78, 5) is 33.1. The van der Waals surface area contributed by atoms with Crippen LogP contribution in [0.15, 0.2) is 12.2 Å². The molecule has 1 rings (SSSR count). The van der Waals surface area contributed by atoms with Crippen LogP contribution >= 0.6 is 0 Å². The number of nitrogens with one attached hydrogen (secondary N) is 1. The second-order valence-corrected chi connectivity index (χ2v) is 3.96. The molecule has 0 radical (unpaired) electrons. The molecule has 0 aromatic heterocycles. The number of nitrogens with two attached hydrogens (primary N) is 2. The van der Waals surface area contributed by atoms with Crippen LogP contribution in [-0.4, -0.2) is 35.0 Å². The van der Waals surface area contributed by atoms with Gasteiger partial charge in [-0.25, -0.2) is 4.79 Å². The summed E-state index contributed by atoms with van der Waals surface area (Å²) in [7, 11) is 0. The van der Waals surface area contributed by atoms with Crippen LogP contribution < -0.4 is 16.8 Å². The van der Waals surface area contributed by atoms with E-state index in [1.807, 2.05) is 0 Å². The van der Waals surface area contributed by atoms with Crippen LogP contribution in [0.2, 0.25) is 0 Å². The summed E-state index contributed by atoms with van der Waals surface area (Å²) < 4.78 is 0. The molecule has 6 N–H and O–H groups in total. The van der Waals surface area contributed by atoms with Gasteiger partial charge in [-0.15, -0.1) is 0 Å². The zero-order valence-corrected chi connectivity index (χ0v) is 9.13. The molecule has 0 saturated heterocycles. The van der Waals surface area contributed by atoms with Gasteiger partial charge in [0.05, 0.1) is 12.3 Å². The molecular weight excluding hydrogens is 226 g/mol. The summed E-state index contributed by atoms with van der Waals surface area (Å²) in [5.41, 5.74) is 10.5. The maximum atomic E-state index is 11.7. The molecule has 0 aliphatic heterocycles. The molecule has 0 fully saturated rings. The largest absolute Gasteiger partial charge is 0.480 e. The van der Waals surface area contributed by atoms with Crippen molar-refractivity contribution < 1.29 is 19.5 Å². The lowest BCUT2D eigenvalue weighted by Gasteiger charge is -2.15. The fraction of sp³-hybridized carbons (Fsp3) is 0.500. The fourth-order valence-corrected chi connectivity index (χ4v) is 1.60. The predicted molar refractivity (Wildman–Crippen MR) is 58.6 cm³/mol. The second-order valence-electron chi connectivity index (χ2n) is 3.96. The molecule has 0 saturated carbocycles. The molecule has 7 nitrogen and oxygen atoms in total. The molecule has 2 amide bonds. The number of rotatable bonds is 5. The van der Waals surface area contributed by atoms with Crippen LogP contribution in [0.1, 0.15) is 12.8 Å². The van der Waals surface area contributed by atoms with Crippen molar-refractivity contribution >= 4 is 17.8 Å². The van der Waals surface area contributed by atoms with E-state index < -0.39 is 36.2 Å². The van der Waals surface area contributed by atoms with Gasteiger partial charge in [-0.1, -0.05) is 12.2 Å². The number of carboxylic acid groups (broad SMARTS) is 1. The van der Waals surface area contributed by atoms with E-state index in [9.17, 15) is 14.4 Å². The highest BCUT2D eigenvalue weighted by molar-refractivity contribution is 5.89. The van der Waals surface area contributed by atoms with E-state index in [-0.39, 0.29) is 6.04 Å². The van der Waals surface area contributed by atoms with E-state index in [1.165, 1.54) is 0 Å². The quantitative estimate of drug-likeness (QED) is 0.427. The van der Waals surface area contributed by atoms with E-state index in [0.29, 0.717) is 6.42 Å². The molecule has 94 valence electrons. The molecule has 0 bridgehead atoms. The first kappa shape index (κ1) is 13.2. The molecule has 7 heteroatoms. The number of carbonyl (C=O) groups is 3. The van der Waals surface area contributed by atoms with E-state index in [2.05, 4.69) is 5.32 Å². The highest BCUT2D eigenvalue weighted by Crippen LogP contribution is 2.16. The first-order chi connectivity index (χ1) is 7.90. The maximum Gasteiger partial charge on any atom is 0.326 e. The summed E-state index contributed by atoms with van der Waals surface area (Å²) in [6.07, 6.45) is 3.33. The average molecular weight is 241 g/mol. The van der Waals surface area contributed by atoms with Crippen molar-refractivity contribution in [3.05, 3.63) is 12.2 Å². The summed E-state index contributed by atoms with van der Waals surface area (Å²) in [5.74, 6) is -2.97. The third-order valence-electron chi connectivity index (χ3n) is 2.47. The number of hydrogen-bond acceptors (Lipinski definition) is 4. The Kier molecular flexibility index (Phi) is 4.22. The monoisotopic (exact) mass is 241 g/mol. The Bertz CT molecular complexity index is 367. The number of primary amides is 1. The van der Waals surface area contributed by atoms with Crippen LogP contribution in [0.25, 0.3) is 0 Å². The first-order valence-corrected chi connectivity index (χ1v) is 5.15. The topological polar surface area (TPSA) is 136 Å². The molecule has 0 aromatic rings. The lowest BCUT2D eigenvalue weighted by Crippen LogP contribution is -2.45. The molecule has 17 heavy (non-hydrogen) atoms. The number of amides is 2. The number of hydrogen-bond donors (Lipinski definition) is 4. The normalized spacial score (nSPS) is 24.3. The smallest absolute Gasteiger partial charge is 0.326 e. The van der Waals surface area contributed by atoms with Gasteiger partial charge in [-0.3, -0.25) is 9.59 Å². The van der Waals surface area contributed by atoms with Crippen LogP contribution in [0.4, 0.5) is 0 Å². The van der Waals surface area contributed by atoms with Gasteiger partial charge in [0.1, 0.15) is 6.04 Å². The standard InChI is InChI=1S/C10H15N3O4/c11-6-2-1-5(3-6)9(15)13-7(10(16)17)4-8(12)14/h1-2,5-7H,3-4,11H2,(H2,12,14)(H,13,15)(H,16,17)/t5?,6?,7-/m0/s1. The number of aliphatic carboxylic acids is 1. The van der Waals surface area contributed by atoms with E-state index in [4.69, 9.17) is 16.6 Å². The van der Waals surface area contributed by atoms with E-state index in [0.717, 1.165) is 0 Å². The lowest BCUT2D eigenvalue weighted by atomic mass is 10.1. The summed E-state index contributed by atoms with van der Waals surface area (Å²) in [6.45, 7) is 0. The molecule has 0 spiro atoms. The fourth-order valence-electron chi connectivity index (χ4n) is 1.60. The van der Waals surface area contributed by atoms with Crippen LogP contribution in [0.3, 0.4) is 0 Å². The predicted octanol–water partition coefficient (Wildman–Crippen LogP) is -1.67. The van der Waals surface area contributed by atoms with E-state index >= 15 is 0 Å². The molecule has 1 aliphatic carbocycles. The molecular formula is C10H15N3O4. The minimum atomic E-state index is -1.29. The maximum absolute atomic E-state index is 11.7. The summed E-state index contributed by atoms with van der Waals surface area (Å²) in [6, 6.07) is -1.48. The number of carbonyl (C=O) groups excluding carboxylic acids is 2. The van der Waals surface area contributed by atoms with Crippen LogP contribution in [0.5, 0.6) is 0 Å². The minimum Gasteiger partial charge on any atom is -0.480 e. The summed E-state index contributed by atoms with van der Waals surface area (Å²) >= 11 is 0. The van der Waals surface area contributed by atoms with Crippen LogP contribution in [0, 0.1) is 5.92 Å². The van der Waals surface area contributed by atoms with Crippen molar-refractivity contribution in [1.29, 1.82) is 0 Å². The SMILES string of the molecule is NC(=O)C[C@H](NC(=O)C1C=CC(N)C1)C(=O)O. The Morgan fingerprint density at radius 3 is 2.47 bits per heavy atom. The van der Waals surface area contributed by atoms with Crippen molar-refractivity contribution in [3.8, 4) is 0 Å². The Labute approximate surface area is 97.8 Å². The van der Waals surface area contributed by atoms with Gasteiger partial charge in [0, 0.05) is 6.04 Å². The van der Waals surface area contributed by atoms with Crippen molar-refractivity contribution in [2.24, 2.45) is 17.4 Å². The molecule has 1 aliphatic rings. The van der Waals surface area contributed by atoms with Gasteiger partial charge in [0.15, 0.2) is 0 Å². The molecule has 3 atom stereocenters.